The fourth-order valence-corrected chi connectivity index (χ4v) is 1.54. The van der Waals surface area contributed by atoms with E-state index in [4.69, 9.17) is 16.4 Å². The quantitative estimate of drug-likeness (QED) is 0.605. The van der Waals surface area contributed by atoms with Gasteiger partial charge in [-0.3, -0.25) is 0 Å². The van der Waals surface area contributed by atoms with Gasteiger partial charge >= 0.3 is 0 Å². The molecule has 0 heterocycles. The molecule has 0 spiro atoms. The van der Waals surface area contributed by atoms with Gasteiger partial charge < -0.3 is 4.84 Å². The van der Waals surface area contributed by atoms with Crippen LogP contribution in [0.1, 0.15) is 11.1 Å². The maximum atomic E-state index is 12.9. The van der Waals surface area contributed by atoms with Gasteiger partial charge in [-0.25, -0.2) is 4.39 Å². The van der Waals surface area contributed by atoms with Crippen LogP contribution in [0.25, 0.3) is 0 Å². The Morgan fingerprint density at radius 1 is 1.17 bits per heavy atom. The highest BCUT2D eigenvalue weighted by molar-refractivity contribution is 6.33. The lowest BCUT2D eigenvalue weighted by Gasteiger charge is -1.99. The maximum absolute atomic E-state index is 12.9. The molecule has 4 heteroatoms. The summed E-state index contributed by atoms with van der Waals surface area (Å²) >= 11 is 5.91. The van der Waals surface area contributed by atoms with Gasteiger partial charge in [-0.2, -0.15) is 0 Å². The minimum absolute atomic E-state index is 0.190. The van der Waals surface area contributed by atoms with Gasteiger partial charge in [0.15, 0.2) is 0 Å². The summed E-state index contributed by atoms with van der Waals surface area (Å²) in [6.45, 7) is 0.190. The highest BCUT2D eigenvalue weighted by atomic mass is 35.5. The topological polar surface area (TPSA) is 21.6 Å². The van der Waals surface area contributed by atoms with Crippen molar-refractivity contribution in [3.05, 3.63) is 70.5 Å². The van der Waals surface area contributed by atoms with Crippen molar-refractivity contribution in [2.24, 2.45) is 5.16 Å². The third-order valence-corrected chi connectivity index (χ3v) is 2.55. The Balaban J connectivity index is 1.91. The van der Waals surface area contributed by atoms with Gasteiger partial charge in [0.1, 0.15) is 18.6 Å². The Hall–Kier alpha value is -1.87. The molecule has 18 heavy (non-hydrogen) atoms. The molecule has 0 bridgehead atoms. The minimum Gasteiger partial charge on any atom is -0.390 e. The molecule has 0 fully saturated rings. The molecule has 0 atom stereocenters. The minimum atomic E-state index is -0.296. The standard InChI is InChI=1S/C14H10ClFNO/c15-14-7-2-1-5-12(14)9-17-18-10-11-4-3-6-13(16)8-11/h1-8H,10H2. The van der Waals surface area contributed by atoms with E-state index in [1.807, 2.05) is 12.1 Å². The average Bonchev–Trinajstić information content (AvgIpc) is 2.37. The summed E-state index contributed by atoms with van der Waals surface area (Å²) in [5.74, 6) is -0.296. The van der Waals surface area contributed by atoms with E-state index in [0.717, 1.165) is 0 Å². The molecule has 0 amide bonds. The third-order valence-electron chi connectivity index (χ3n) is 2.22. The molecule has 2 aromatic carbocycles. The smallest absolute Gasteiger partial charge is 0.142 e. The van der Waals surface area contributed by atoms with E-state index in [1.165, 1.54) is 12.1 Å². The van der Waals surface area contributed by atoms with Crippen LogP contribution in [0.5, 0.6) is 0 Å². The number of halogens is 2. The first kappa shape index (κ1) is 12.6. The lowest BCUT2D eigenvalue weighted by Crippen LogP contribution is -1.89. The van der Waals surface area contributed by atoms with Gasteiger partial charge in [0.05, 0.1) is 5.02 Å². The van der Waals surface area contributed by atoms with Crippen LogP contribution in [0, 0.1) is 5.82 Å². The number of nitrogens with zero attached hydrogens (tertiary/aromatic N) is 1. The van der Waals surface area contributed by atoms with Crippen LogP contribution < -0.4 is 0 Å². The molecular weight excluding hydrogens is 253 g/mol. The van der Waals surface area contributed by atoms with Gasteiger partial charge in [-0.05, 0) is 23.8 Å². The van der Waals surface area contributed by atoms with Gasteiger partial charge in [0.25, 0.3) is 0 Å². The molecule has 0 aliphatic rings. The van der Waals surface area contributed by atoms with Crippen LogP contribution in [-0.4, -0.2) is 6.21 Å². The van der Waals surface area contributed by atoms with Crippen molar-refractivity contribution < 1.29 is 9.23 Å². The second-order valence-corrected chi connectivity index (χ2v) is 3.99. The predicted molar refractivity (Wildman–Crippen MR) is 69.2 cm³/mol. The van der Waals surface area contributed by atoms with Gasteiger partial charge in [0, 0.05) is 5.56 Å². The number of hydrogen-bond donors (Lipinski definition) is 0. The number of hydrogen-bond acceptors (Lipinski definition) is 2. The summed E-state index contributed by atoms with van der Waals surface area (Å²) < 4.78 is 12.9. The van der Waals surface area contributed by atoms with Crippen molar-refractivity contribution >= 4 is 17.8 Å². The van der Waals surface area contributed by atoms with E-state index < -0.39 is 0 Å². The fraction of sp³-hybridized carbons (Fsp3) is 0.0714. The van der Waals surface area contributed by atoms with Gasteiger partial charge in [0.2, 0.25) is 0 Å². The zero-order valence-electron chi connectivity index (χ0n) is 9.44. The van der Waals surface area contributed by atoms with Crippen molar-refractivity contribution in [3.8, 4) is 0 Å². The summed E-state index contributed by atoms with van der Waals surface area (Å²) in [7, 11) is 0. The van der Waals surface area contributed by atoms with E-state index >= 15 is 0 Å². The number of rotatable bonds is 4. The SMILES string of the molecule is Fc1cccc(CO/N=[C]\c2ccccc2Cl)c1. The molecule has 0 aliphatic heterocycles. The van der Waals surface area contributed by atoms with Crippen molar-refractivity contribution in [2.75, 3.05) is 0 Å². The molecule has 2 rings (SSSR count). The Morgan fingerprint density at radius 2 is 2.00 bits per heavy atom. The summed E-state index contributed by atoms with van der Waals surface area (Å²) in [6, 6.07) is 13.3. The molecule has 2 aromatic rings. The molecule has 0 unspecified atom stereocenters. The zero-order chi connectivity index (χ0) is 12.8. The van der Waals surface area contributed by atoms with E-state index in [0.29, 0.717) is 16.1 Å². The average molecular weight is 263 g/mol. The molecule has 91 valence electrons. The van der Waals surface area contributed by atoms with Gasteiger partial charge in [-0.1, -0.05) is 47.1 Å². The van der Waals surface area contributed by atoms with Crippen LogP contribution in [0.4, 0.5) is 4.39 Å². The van der Waals surface area contributed by atoms with Crippen LogP contribution in [-0.2, 0) is 11.4 Å². The van der Waals surface area contributed by atoms with Crippen molar-refractivity contribution in [2.45, 2.75) is 6.61 Å². The fourth-order valence-electron chi connectivity index (χ4n) is 1.37. The summed E-state index contributed by atoms with van der Waals surface area (Å²) in [6.07, 6.45) is 2.67. The van der Waals surface area contributed by atoms with Crippen LogP contribution in [0.3, 0.4) is 0 Å². The zero-order valence-corrected chi connectivity index (χ0v) is 10.2. The largest absolute Gasteiger partial charge is 0.390 e. The molecular formula is C14H10ClFNO. The van der Waals surface area contributed by atoms with Crippen LogP contribution in [0.2, 0.25) is 5.02 Å². The molecule has 0 saturated carbocycles. The lowest BCUT2D eigenvalue weighted by molar-refractivity contribution is 0.132. The molecule has 0 N–H and O–H groups in total. The molecule has 0 aromatic heterocycles. The molecule has 2 nitrogen and oxygen atoms in total. The van der Waals surface area contributed by atoms with E-state index in [1.54, 1.807) is 24.3 Å². The van der Waals surface area contributed by atoms with Crippen LogP contribution >= 0.6 is 11.6 Å². The van der Waals surface area contributed by atoms with E-state index in [9.17, 15) is 4.39 Å². The van der Waals surface area contributed by atoms with Gasteiger partial charge in [-0.15, -0.1) is 0 Å². The maximum Gasteiger partial charge on any atom is 0.142 e. The Labute approximate surface area is 110 Å². The molecule has 0 aliphatic carbocycles. The first-order valence-electron chi connectivity index (χ1n) is 5.33. The molecule has 0 saturated heterocycles. The number of benzene rings is 2. The third kappa shape index (κ3) is 3.57. The lowest BCUT2D eigenvalue weighted by atomic mass is 10.2. The Morgan fingerprint density at radius 3 is 2.78 bits per heavy atom. The highest BCUT2D eigenvalue weighted by Crippen LogP contribution is 2.12. The first-order valence-corrected chi connectivity index (χ1v) is 5.70. The summed E-state index contributed by atoms with van der Waals surface area (Å²) in [5, 5.41) is 4.22. The second kappa shape index (κ2) is 6.17. The normalized spacial score (nSPS) is 10.8. The van der Waals surface area contributed by atoms with E-state index in [2.05, 4.69) is 11.4 Å². The summed E-state index contributed by atoms with van der Waals surface area (Å²) in [5.41, 5.74) is 1.36. The van der Waals surface area contributed by atoms with Crippen molar-refractivity contribution in [1.82, 2.24) is 0 Å². The van der Waals surface area contributed by atoms with Crippen molar-refractivity contribution in [3.63, 3.8) is 0 Å². The monoisotopic (exact) mass is 262 g/mol. The highest BCUT2D eigenvalue weighted by Gasteiger charge is 1.97. The predicted octanol–water partition coefficient (Wildman–Crippen LogP) is 3.91. The Bertz CT molecular complexity index is 557. The van der Waals surface area contributed by atoms with Crippen molar-refractivity contribution in [1.29, 1.82) is 0 Å². The first-order chi connectivity index (χ1) is 8.75. The summed E-state index contributed by atoms with van der Waals surface area (Å²) in [4.78, 5) is 5.02. The molecule has 1 radical (unpaired) electrons. The second-order valence-electron chi connectivity index (χ2n) is 3.59. The van der Waals surface area contributed by atoms with E-state index in [-0.39, 0.29) is 12.4 Å². The van der Waals surface area contributed by atoms with Crippen LogP contribution in [0.15, 0.2) is 53.7 Å². The Kier molecular flexibility index (Phi) is 4.31.